The van der Waals surface area contributed by atoms with Crippen molar-refractivity contribution in [3.8, 4) is 0 Å². The molecule has 228 valence electrons. The standard InChI is InChI=1S/C32H45N5O5/c1-8-20(4)28(38)35-27(32(5,6)7)29(39)36-17-16-24-26(36)25(18-37(24)30(40)33-19(2)3)42-31(41)34-23-15-11-13-21-12-9-10-14-22(21)23/h9-15,19-20,24-27H,8,16-18H2,1-7H3,(H,33,40)(H,34,41)(H,35,38)/t20-,24-,25+,26+,27-/m1/s1. The van der Waals surface area contributed by atoms with Gasteiger partial charge in [-0.15, -0.1) is 0 Å². The normalized spacial score (nSPS) is 21.6. The largest absolute Gasteiger partial charge is 0.442 e. The van der Waals surface area contributed by atoms with Crippen LogP contribution in [0.1, 0.15) is 61.3 Å². The summed E-state index contributed by atoms with van der Waals surface area (Å²) in [6.07, 6.45) is -0.200. The molecule has 2 aromatic rings. The molecular formula is C32H45N5O5. The van der Waals surface area contributed by atoms with Crippen molar-refractivity contribution in [3.05, 3.63) is 42.5 Å². The second kappa shape index (κ2) is 12.6. The maximum absolute atomic E-state index is 14.1. The predicted octanol–water partition coefficient (Wildman–Crippen LogP) is 4.74. The minimum absolute atomic E-state index is 0.0780. The number of hydrogen-bond donors (Lipinski definition) is 3. The Morgan fingerprint density at radius 1 is 0.976 bits per heavy atom. The summed E-state index contributed by atoms with van der Waals surface area (Å²) < 4.78 is 5.99. The van der Waals surface area contributed by atoms with Crippen LogP contribution in [-0.4, -0.2) is 77.1 Å². The Morgan fingerprint density at radius 2 is 1.67 bits per heavy atom. The Hall–Kier alpha value is -3.82. The Kier molecular flexibility index (Phi) is 9.33. The van der Waals surface area contributed by atoms with Gasteiger partial charge >= 0.3 is 12.1 Å². The first kappa shape index (κ1) is 31.1. The van der Waals surface area contributed by atoms with Gasteiger partial charge in [-0.25, -0.2) is 9.59 Å². The lowest BCUT2D eigenvalue weighted by Gasteiger charge is -2.37. The first-order valence-corrected chi connectivity index (χ1v) is 14.9. The fraction of sp³-hybridized carbons (Fsp3) is 0.562. The summed E-state index contributed by atoms with van der Waals surface area (Å²) in [6.45, 7) is 13.8. The molecule has 3 N–H and O–H groups in total. The van der Waals surface area contributed by atoms with Crippen LogP contribution in [-0.2, 0) is 14.3 Å². The molecule has 2 aliphatic rings. The van der Waals surface area contributed by atoms with Crippen LogP contribution in [0.25, 0.3) is 10.8 Å². The van der Waals surface area contributed by atoms with E-state index in [1.165, 1.54) is 0 Å². The zero-order valence-electron chi connectivity index (χ0n) is 25.8. The topological polar surface area (TPSA) is 120 Å². The smallest absolute Gasteiger partial charge is 0.412 e. The molecule has 10 nitrogen and oxygen atoms in total. The highest BCUT2D eigenvalue weighted by Gasteiger charge is 2.55. The van der Waals surface area contributed by atoms with Crippen LogP contribution in [0, 0.1) is 11.3 Å². The number of benzene rings is 2. The quantitative estimate of drug-likeness (QED) is 0.438. The minimum Gasteiger partial charge on any atom is -0.442 e. The third-order valence-corrected chi connectivity index (χ3v) is 8.28. The zero-order chi connectivity index (χ0) is 30.8. The molecule has 5 amide bonds. The van der Waals surface area contributed by atoms with E-state index in [4.69, 9.17) is 4.74 Å². The van der Waals surface area contributed by atoms with Crippen LogP contribution in [0.2, 0.25) is 0 Å². The number of carbonyl (C=O) groups excluding carboxylic acids is 4. The van der Waals surface area contributed by atoms with Gasteiger partial charge in [0, 0.05) is 23.9 Å². The van der Waals surface area contributed by atoms with Crippen LogP contribution in [0.15, 0.2) is 42.5 Å². The summed E-state index contributed by atoms with van der Waals surface area (Å²) in [4.78, 5) is 56.9. The third kappa shape index (κ3) is 6.63. The number of anilines is 1. The molecule has 0 radical (unpaired) electrons. The van der Waals surface area contributed by atoms with Crippen LogP contribution in [0.5, 0.6) is 0 Å². The maximum Gasteiger partial charge on any atom is 0.412 e. The molecule has 4 rings (SSSR count). The molecule has 0 unspecified atom stereocenters. The van der Waals surface area contributed by atoms with Gasteiger partial charge in [-0.05, 0) is 43.6 Å². The van der Waals surface area contributed by atoms with E-state index in [0.717, 1.165) is 10.8 Å². The molecule has 5 atom stereocenters. The number of ether oxygens (including phenoxy) is 1. The number of carbonyl (C=O) groups is 4. The van der Waals surface area contributed by atoms with Crippen LogP contribution in [0.4, 0.5) is 15.3 Å². The Bertz CT molecular complexity index is 1320. The predicted molar refractivity (Wildman–Crippen MR) is 163 cm³/mol. The van der Waals surface area contributed by atoms with Gasteiger partial charge in [-0.2, -0.15) is 0 Å². The fourth-order valence-electron chi connectivity index (χ4n) is 5.85. The van der Waals surface area contributed by atoms with Crippen LogP contribution < -0.4 is 16.0 Å². The monoisotopic (exact) mass is 579 g/mol. The molecule has 0 spiro atoms. The van der Waals surface area contributed by atoms with E-state index in [9.17, 15) is 19.2 Å². The number of likely N-dealkylation sites (tertiary alicyclic amines) is 2. The molecule has 2 aromatic carbocycles. The molecule has 2 fully saturated rings. The van der Waals surface area contributed by atoms with E-state index < -0.39 is 29.7 Å². The number of nitrogens with zero attached hydrogens (tertiary/aromatic N) is 2. The number of amides is 5. The minimum atomic E-state index is -0.776. The van der Waals surface area contributed by atoms with E-state index >= 15 is 0 Å². The number of hydrogen-bond acceptors (Lipinski definition) is 5. The van der Waals surface area contributed by atoms with Gasteiger partial charge in [0.05, 0.1) is 24.3 Å². The average molecular weight is 580 g/mol. The lowest BCUT2D eigenvalue weighted by atomic mass is 9.85. The molecule has 10 heteroatoms. The molecule has 42 heavy (non-hydrogen) atoms. The Labute approximate surface area is 248 Å². The second-order valence-electron chi connectivity index (χ2n) is 12.8. The lowest BCUT2D eigenvalue weighted by Crippen LogP contribution is -2.58. The summed E-state index contributed by atoms with van der Waals surface area (Å²) in [6, 6.07) is 11.4. The number of nitrogens with one attached hydrogen (secondary N) is 3. The summed E-state index contributed by atoms with van der Waals surface area (Å²) in [5.74, 6) is -0.640. The molecule has 2 saturated heterocycles. The van der Waals surface area contributed by atoms with Crippen molar-refractivity contribution in [3.63, 3.8) is 0 Å². The molecule has 0 bridgehead atoms. The van der Waals surface area contributed by atoms with Gasteiger partial charge in [0.2, 0.25) is 11.8 Å². The van der Waals surface area contributed by atoms with E-state index in [1.807, 2.05) is 90.9 Å². The number of urea groups is 1. The second-order valence-corrected chi connectivity index (χ2v) is 12.8. The molecule has 2 aliphatic heterocycles. The fourth-order valence-corrected chi connectivity index (χ4v) is 5.85. The third-order valence-electron chi connectivity index (χ3n) is 8.28. The molecule has 2 heterocycles. The van der Waals surface area contributed by atoms with Crippen molar-refractivity contribution >= 4 is 40.4 Å². The lowest BCUT2D eigenvalue weighted by molar-refractivity contribution is -0.142. The average Bonchev–Trinajstić information content (AvgIpc) is 3.51. The van der Waals surface area contributed by atoms with Crippen molar-refractivity contribution in [1.82, 2.24) is 20.4 Å². The Morgan fingerprint density at radius 3 is 2.33 bits per heavy atom. The first-order chi connectivity index (χ1) is 19.8. The van der Waals surface area contributed by atoms with E-state index in [2.05, 4.69) is 16.0 Å². The van der Waals surface area contributed by atoms with Crippen LogP contribution in [0.3, 0.4) is 0 Å². The van der Waals surface area contributed by atoms with Gasteiger partial charge in [-0.1, -0.05) is 71.0 Å². The highest BCUT2D eigenvalue weighted by molar-refractivity contribution is 6.00. The summed E-state index contributed by atoms with van der Waals surface area (Å²) in [7, 11) is 0. The van der Waals surface area contributed by atoms with E-state index in [0.29, 0.717) is 25.1 Å². The molecule has 0 saturated carbocycles. The number of rotatable bonds is 7. The Balaban J connectivity index is 1.60. The van der Waals surface area contributed by atoms with Gasteiger partial charge in [0.1, 0.15) is 12.1 Å². The van der Waals surface area contributed by atoms with Gasteiger partial charge in [-0.3, -0.25) is 14.9 Å². The number of fused-ring (bicyclic) bond motifs is 2. The maximum atomic E-state index is 14.1. The highest BCUT2D eigenvalue weighted by Crippen LogP contribution is 2.36. The van der Waals surface area contributed by atoms with Gasteiger partial charge in [0.25, 0.3) is 0 Å². The zero-order valence-corrected chi connectivity index (χ0v) is 25.8. The summed E-state index contributed by atoms with van der Waals surface area (Å²) in [5.41, 5.74) is 0.0511. The molecule has 0 aromatic heterocycles. The summed E-state index contributed by atoms with van der Waals surface area (Å²) >= 11 is 0. The van der Waals surface area contributed by atoms with Crippen molar-refractivity contribution in [2.75, 3.05) is 18.4 Å². The van der Waals surface area contributed by atoms with Crippen molar-refractivity contribution < 1.29 is 23.9 Å². The van der Waals surface area contributed by atoms with Crippen LogP contribution >= 0.6 is 0 Å². The van der Waals surface area contributed by atoms with Crippen molar-refractivity contribution in [2.24, 2.45) is 11.3 Å². The SMILES string of the molecule is CC[C@@H](C)C(=O)N[C@H](C(=O)N1CC[C@@H]2[C@H]1[C@@H](OC(=O)Nc1cccc3ccccc13)CN2C(=O)NC(C)C)C(C)(C)C. The summed E-state index contributed by atoms with van der Waals surface area (Å²) in [5, 5.41) is 10.6. The molecular weight excluding hydrogens is 534 g/mol. The van der Waals surface area contributed by atoms with E-state index in [1.54, 1.807) is 9.80 Å². The van der Waals surface area contributed by atoms with Gasteiger partial charge < -0.3 is 25.2 Å². The van der Waals surface area contributed by atoms with Crippen molar-refractivity contribution in [1.29, 1.82) is 0 Å². The van der Waals surface area contributed by atoms with E-state index in [-0.39, 0.29) is 42.4 Å². The first-order valence-electron chi connectivity index (χ1n) is 14.9. The highest BCUT2D eigenvalue weighted by atomic mass is 16.6. The van der Waals surface area contributed by atoms with Crippen molar-refractivity contribution in [2.45, 2.75) is 91.6 Å². The molecule has 0 aliphatic carbocycles. The van der Waals surface area contributed by atoms with Gasteiger partial charge in [0.15, 0.2) is 0 Å².